The van der Waals surface area contributed by atoms with Crippen LogP contribution < -0.4 is 0 Å². The molecule has 3 heterocycles. The summed E-state index contributed by atoms with van der Waals surface area (Å²) in [4.78, 5) is 0. The summed E-state index contributed by atoms with van der Waals surface area (Å²) >= 11 is 0. The van der Waals surface area contributed by atoms with Crippen LogP contribution in [-0.4, -0.2) is 42.9 Å². The Hall–Kier alpha value is -0.160. The van der Waals surface area contributed by atoms with E-state index in [0.717, 1.165) is 38.9 Å². The van der Waals surface area contributed by atoms with Gasteiger partial charge in [-0.15, -0.1) is 0 Å². The minimum absolute atomic E-state index is 0.00203. The van der Waals surface area contributed by atoms with Gasteiger partial charge in [0, 0.05) is 11.3 Å². The molecule has 0 N–H and O–H groups in total. The average molecular weight is 355 g/mol. The van der Waals surface area contributed by atoms with E-state index in [9.17, 15) is 0 Å². The maximum Gasteiger partial charge on any atom is 0.160 e. The van der Waals surface area contributed by atoms with E-state index in [4.69, 9.17) is 18.9 Å². The van der Waals surface area contributed by atoms with Gasteiger partial charge in [-0.25, -0.2) is 0 Å². The summed E-state index contributed by atoms with van der Waals surface area (Å²) in [6, 6.07) is 0. The van der Waals surface area contributed by atoms with E-state index in [0.29, 0.717) is 18.1 Å². The van der Waals surface area contributed by atoms with Crippen molar-refractivity contribution in [2.45, 2.75) is 110 Å². The highest BCUT2D eigenvalue weighted by Crippen LogP contribution is 2.56. The van der Waals surface area contributed by atoms with Crippen molar-refractivity contribution in [3.8, 4) is 0 Å². The summed E-state index contributed by atoms with van der Waals surface area (Å²) in [5.74, 6) is 0.522. The molecule has 0 bridgehead atoms. The molecule has 5 atom stereocenters. The summed E-state index contributed by atoms with van der Waals surface area (Å²) < 4.78 is 24.0. The summed E-state index contributed by atoms with van der Waals surface area (Å²) in [5.41, 5.74) is 0.583. The largest absolute Gasteiger partial charge is 0.366 e. The quantitative estimate of drug-likeness (QED) is 0.640. The molecule has 5 fully saturated rings. The van der Waals surface area contributed by atoms with Gasteiger partial charge >= 0.3 is 0 Å². The highest BCUT2D eigenvalue weighted by Gasteiger charge is 2.61. The summed E-state index contributed by atoms with van der Waals surface area (Å²) in [6.07, 6.45) is 7.80. The number of fused-ring (bicyclic) bond motifs is 2. The Kier molecular flexibility index (Phi) is 5.57. The lowest BCUT2D eigenvalue weighted by atomic mass is 9.71. The van der Waals surface area contributed by atoms with Gasteiger partial charge in [0.1, 0.15) is 0 Å². The maximum absolute atomic E-state index is 6.18. The van der Waals surface area contributed by atoms with E-state index < -0.39 is 0 Å². The van der Waals surface area contributed by atoms with Gasteiger partial charge in [0.25, 0.3) is 0 Å². The van der Waals surface area contributed by atoms with Gasteiger partial charge < -0.3 is 18.9 Å². The normalized spacial score (nSPS) is 52.6. The first-order valence-electron chi connectivity index (χ1n) is 10.6. The molecule has 2 saturated carbocycles. The Morgan fingerprint density at radius 2 is 1.36 bits per heavy atom. The lowest BCUT2D eigenvalue weighted by Crippen LogP contribution is -2.48. The van der Waals surface area contributed by atoms with Gasteiger partial charge in [0.05, 0.1) is 36.6 Å². The Morgan fingerprint density at radius 3 is 1.96 bits per heavy atom. The van der Waals surface area contributed by atoms with Gasteiger partial charge in [-0.05, 0) is 52.4 Å². The van der Waals surface area contributed by atoms with Crippen LogP contribution >= 0.6 is 0 Å². The molecule has 5 rings (SSSR count). The number of rotatable bonds is 1. The molecule has 25 heavy (non-hydrogen) atoms. The van der Waals surface area contributed by atoms with Crippen LogP contribution in [0.5, 0.6) is 0 Å². The maximum atomic E-state index is 6.18. The lowest BCUT2D eigenvalue weighted by molar-refractivity contribution is -0.257. The first-order chi connectivity index (χ1) is 12.0. The predicted octanol–water partition coefficient (Wildman–Crippen LogP) is 4.70. The van der Waals surface area contributed by atoms with Gasteiger partial charge in [0.15, 0.2) is 6.29 Å². The second kappa shape index (κ2) is 7.10. The SMILES string of the molecule is CC.CC.CC12CCC(C3OCC4(CCC5(C)OC5C4)CO3)CC1O2. The van der Waals surface area contributed by atoms with Crippen molar-refractivity contribution < 1.29 is 18.9 Å². The van der Waals surface area contributed by atoms with Crippen LogP contribution in [0, 0.1) is 11.3 Å². The fraction of sp³-hybridized carbons (Fsp3) is 1.00. The molecule has 2 aliphatic carbocycles. The minimum Gasteiger partial charge on any atom is -0.366 e. The molecule has 3 saturated heterocycles. The van der Waals surface area contributed by atoms with Gasteiger partial charge in [-0.3, -0.25) is 0 Å². The number of hydrogen-bond donors (Lipinski definition) is 0. The van der Waals surface area contributed by atoms with E-state index >= 15 is 0 Å². The molecule has 146 valence electrons. The highest BCUT2D eigenvalue weighted by atomic mass is 16.7. The Balaban J connectivity index is 0.000000428. The van der Waals surface area contributed by atoms with Crippen LogP contribution in [-0.2, 0) is 18.9 Å². The van der Waals surface area contributed by atoms with E-state index in [-0.39, 0.29) is 22.9 Å². The molecular weight excluding hydrogens is 316 g/mol. The summed E-state index contributed by atoms with van der Waals surface area (Å²) in [6.45, 7) is 14.2. The van der Waals surface area contributed by atoms with Gasteiger partial charge in [0.2, 0.25) is 0 Å². The van der Waals surface area contributed by atoms with Crippen molar-refractivity contribution >= 4 is 0 Å². The second-order valence-corrected chi connectivity index (χ2v) is 8.57. The average Bonchev–Trinajstić information content (AvgIpc) is 3.52. The van der Waals surface area contributed by atoms with Crippen molar-refractivity contribution in [3.63, 3.8) is 0 Å². The van der Waals surface area contributed by atoms with Crippen molar-refractivity contribution in [2.24, 2.45) is 11.3 Å². The Labute approximate surface area is 153 Å². The first kappa shape index (κ1) is 19.6. The summed E-state index contributed by atoms with van der Waals surface area (Å²) in [5, 5.41) is 0. The van der Waals surface area contributed by atoms with E-state index in [1.165, 1.54) is 12.8 Å². The van der Waals surface area contributed by atoms with Crippen LogP contribution in [0.25, 0.3) is 0 Å². The molecule has 5 aliphatic rings. The molecule has 0 aromatic carbocycles. The minimum atomic E-state index is -0.00203. The fourth-order valence-electron chi connectivity index (χ4n) is 4.84. The number of ether oxygens (including phenoxy) is 4. The van der Waals surface area contributed by atoms with Crippen LogP contribution in [0.2, 0.25) is 0 Å². The molecule has 4 nitrogen and oxygen atoms in total. The first-order valence-corrected chi connectivity index (χ1v) is 10.6. The zero-order valence-corrected chi connectivity index (χ0v) is 17.1. The summed E-state index contributed by atoms with van der Waals surface area (Å²) in [7, 11) is 0. The Morgan fingerprint density at radius 1 is 0.760 bits per heavy atom. The van der Waals surface area contributed by atoms with Gasteiger partial charge in [-0.1, -0.05) is 27.7 Å². The lowest BCUT2D eigenvalue weighted by Gasteiger charge is -2.44. The molecule has 5 unspecified atom stereocenters. The molecule has 0 amide bonds. The molecule has 3 aliphatic heterocycles. The molecule has 1 spiro atoms. The van der Waals surface area contributed by atoms with Crippen LogP contribution in [0.1, 0.15) is 80.1 Å². The highest BCUT2D eigenvalue weighted by molar-refractivity contribution is 5.08. The molecule has 4 heteroatoms. The predicted molar refractivity (Wildman–Crippen MR) is 98.6 cm³/mol. The standard InChI is InChI=1S/C17H26O4.2C2H6/c1-15-4-3-11(7-12(15)20-15)14-18-9-17(10-19-14)6-5-16(2)13(8-17)21-16;2*1-2/h11-14H,3-10H2,1-2H3;2*1-2H3. The van der Waals surface area contributed by atoms with E-state index in [1.807, 2.05) is 27.7 Å². The van der Waals surface area contributed by atoms with Crippen molar-refractivity contribution in [1.82, 2.24) is 0 Å². The van der Waals surface area contributed by atoms with Crippen molar-refractivity contribution in [2.75, 3.05) is 13.2 Å². The number of hydrogen-bond acceptors (Lipinski definition) is 4. The smallest absolute Gasteiger partial charge is 0.160 e. The second-order valence-electron chi connectivity index (χ2n) is 8.57. The third-order valence-corrected chi connectivity index (χ3v) is 6.86. The van der Waals surface area contributed by atoms with Gasteiger partial charge in [-0.2, -0.15) is 0 Å². The zero-order chi connectivity index (χ0) is 18.3. The molecule has 0 aromatic heterocycles. The third-order valence-electron chi connectivity index (χ3n) is 6.86. The monoisotopic (exact) mass is 354 g/mol. The molecule has 0 aromatic rings. The van der Waals surface area contributed by atoms with E-state index in [2.05, 4.69) is 13.8 Å². The zero-order valence-electron chi connectivity index (χ0n) is 17.1. The van der Waals surface area contributed by atoms with E-state index in [1.54, 1.807) is 0 Å². The molecule has 0 radical (unpaired) electrons. The Bertz CT molecular complexity index is 459. The van der Waals surface area contributed by atoms with Crippen LogP contribution in [0.15, 0.2) is 0 Å². The fourth-order valence-corrected chi connectivity index (χ4v) is 4.84. The van der Waals surface area contributed by atoms with Crippen LogP contribution in [0.3, 0.4) is 0 Å². The van der Waals surface area contributed by atoms with Crippen molar-refractivity contribution in [1.29, 1.82) is 0 Å². The van der Waals surface area contributed by atoms with Crippen molar-refractivity contribution in [3.05, 3.63) is 0 Å². The number of epoxide rings is 2. The molecular formula is C21H38O4. The third kappa shape index (κ3) is 3.65. The topological polar surface area (TPSA) is 43.5 Å². The van der Waals surface area contributed by atoms with Crippen LogP contribution in [0.4, 0.5) is 0 Å².